The van der Waals surface area contributed by atoms with Gasteiger partial charge in [-0.05, 0) is 13.0 Å². The standard InChI is InChI=1S/C12H15N3OS/c1-9-14-11(8-17-9)6-15(2)12-5-13-4-3-10(12)7-16/h3-5,8,16H,6-7H2,1-2H3. The van der Waals surface area contributed by atoms with Crippen molar-refractivity contribution in [1.29, 1.82) is 0 Å². The van der Waals surface area contributed by atoms with Gasteiger partial charge in [0.15, 0.2) is 0 Å². The zero-order chi connectivity index (χ0) is 12.3. The lowest BCUT2D eigenvalue weighted by Crippen LogP contribution is -2.18. The predicted molar refractivity (Wildman–Crippen MR) is 69.1 cm³/mol. The highest BCUT2D eigenvalue weighted by atomic mass is 32.1. The summed E-state index contributed by atoms with van der Waals surface area (Å²) in [6, 6.07) is 1.83. The average Bonchev–Trinajstić information content (AvgIpc) is 2.74. The minimum Gasteiger partial charge on any atom is -0.392 e. The summed E-state index contributed by atoms with van der Waals surface area (Å²) in [6.07, 6.45) is 3.46. The molecule has 0 aromatic carbocycles. The molecular formula is C12H15N3OS. The maximum atomic E-state index is 9.27. The lowest BCUT2D eigenvalue weighted by atomic mass is 10.2. The summed E-state index contributed by atoms with van der Waals surface area (Å²) >= 11 is 1.65. The van der Waals surface area contributed by atoms with Crippen LogP contribution in [-0.4, -0.2) is 22.1 Å². The normalized spacial score (nSPS) is 10.5. The smallest absolute Gasteiger partial charge is 0.0898 e. The van der Waals surface area contributed by atoms with Crippen LogP contribution in [0, 0.1) is 6.92 Å². The first-order chi connectivity index (χ1) is 8.20. The molecule has 0 aliphatic rings. The molecule has 2 aromatic heterocycles. The molecule has 1 N–H and O–H groups in total. The quantitative estimate of drug-likeness (QED) is 0.900. The number of aromatic nitrogens is 2. The van der Waals surface area contributed by atoms with Gasteiger partial charge in [0, 0.05) is 24.2 Å². The molecule has 2 aromatic rings. The number of thiazole rings is 1. The monoisotopic (exact) mass is 249 g/mol. The van der Waals surface area contributed by atoms with Gasteiger partial charge < -0.3 is 10.0 Å². The first-order valence-electron chi connectivity index (χ1n) is 5.36. The zero-order valence-corrected chi connectivity index (χ0v) is 10.7. The topological polar surface area (TPSA) is 49.2 Å². The predicted octanol–water partition coefficient (Wildman–Crippen LogP) is 1.98. The summed E-state index contributed by atoms with van der Waals surface area (Å²) in [6.45, 7) is 2.75. The van der Waals surface area contributed by atoms with Gasteiger partial charge in [0.25, 0.3) is 0 Å². The average molecular weight is 249 g/mol. The second-order valence-electron chi connectivity index (χ2n) is 3.88. The van der Waals surface area contributed by atoms with Crippen molar-refractivity contribution in [2.45, 2.75) is 20.1 Å². The molecule has 17 heavy (non-hydrogen) atoms. The van der Waals surface area contributed by atoms with Crippen LogP contribution >= 0.6 is 11.3 Å². The van der Waals surface area contributed by atoms with Crippen molar-refractivity contribution >= 4 is 17.0 Å². The van der Waals surface area contributed by atoms with Crippen LogP contribution < -0.4 is 4.90 Å². The second kappa shape index (κ2) is 5.25. The van der Waals surface area contributed by atoms with E-state index in [2.05, 4.69) is 15.3 Å². The highest BCUT2D eigenvalue weighted by molar-refractivity contribution is 7.09. The Balaban J connectivity index is 2.16. The third-order valence-electron chi connectivity index (χ3n) is 2.53. The zero-order valence-electron chi connectivity index (χ0n) is 9.92. The van der Waals surface area contributed by atoms with E-state index in [1.807, 2.05) is 24.9 Å². The number of aliphatic hydroxyl groups excluding tert-OH is 1. The van der Waals surface area contributed by atoms with E-state index in [1.54, 1.807) is 23.7 Å². The maximum Gasteiger partial charge on any atom is 0.0898 e. The van der Waals surface area contributed by atoms with Crippen molar-refractivity contribution in [1.82, 2.24) is 9.97 Å². The number of hydrogen-bond donors (Lipinski definition) is 1. The van der Waals surface area contributed by atoms with Crippen LogP contribution in [0.3, 0.4) is 0 Å². The van der Waals surface area contributed by atoms with Gasteiger partial charge in [-0.25, -0.2) is 4.98 Å². The van der Waals surface area contributed by atoms with Crippen molar-refractivity contribution in [3.63, 3.8) is 0 Å². The lowest BCUT2D eigenvalue weighted by molar-refractivity contribution is 0.282. The minimum atomic E-state index is 0.0261. The molecule has 0 aliphatic carbocycles. The number of hydrogen-bond acceptors (Lipinski definition) is 5. The van der Waals surface area contributed by atoms with Gasteiger partial charge in [0.1, 0.15) is 0 Å². The molecule has 0 fully saturated rings. The first kappa shape index (κ1) is 12.0. The van der Waals surface area contributed by atoms with E-state index in [4.69, 9.17) is 0 Å². The molecule has 0 bridgehead atoms. The van der Waals surface area contributed by atoms with Gasteiger partial charge in [0.05, 0.1) is 35.7 Å². The van der Waals surface area contributed by atoms with Gasteiger partial charge in [-0.15, -0.1) is 11.3 Å². The van der Waals surface area contributed by atoms with Crippen LogP contribution in [0.5, 0.6) is 0 Å². The number of nitrogens with zero attached hydrogens (tertiary/aromatic N) is 3. The fourth-order valence-electron chi connectivity index (χ4n) is 1.70. The van der Waals surface area contributed by atoms with E-state index in [9.17, 15) is 5.11 Å². The molecular weight excluding hydrogens is 234 g/mol. The molecule has 2 heterocycles. The molecule has 0 spiro atoms. The fraction of sp³-hybridized carbons (Fsp3) is 0.333. The molecule has 4 nitrogen and oxygen atoms in total. The van der Waals surface area contributed by atoms with E-state index in [0.717, 1.165) is 28.5 Å². The summed E-state index contributed by atoms with van der Waals surface area (Å²) in [5.74, 6) is 0. The minimum absolute atomic E-state index is 0.0261. The van der Waals surface area contributed by atoms with Crippen molar-refractivity contribution in [2.75, 3.05) is 11.9 Å². The van der Waals surface area contributed by atoms with Crippen LogP contribution in [0.1, 0.15) is 16.3 Å². The molecule has 0 amide bonds. The van der Waals surface area contributed by atoms with Gasteiger partial charge in [-0.2, -0.15) is 0 Å². The number of rotatable bonds is 4. The Morgan fingerprint density at radius 1 is 1.47 bits per heavy atom. The molecule has 0 saturated carbocycles. The van der Waals surface area contributed by atoms with Crippen molar-refractivity contribution < 1.29 is 5.11 Å². The number of pyridine rings is 1. The van der Waals surface area contributed by atoms with Gasteiger partial charge >= 0.3 is 0 Å². The SMILES string of the molecule is Cc1nc(CN(C)c2cnccc2CO)cs1. The number of anilines is 1. The molecule has 90 valence electrons. The van der Waals surface area contributed by atoms with E-state index >= 15 is 0 Å². The Morgan fingerprint density at radius 3 is 2.94 bits per heavy atom. The highest BCUT2D eigenvalue weighted by Gasteiger charge is 2.08. The number of aryl methyl sites for hydroxylation is 1. The van der Waals surface area contributed by atoms with Crippen LogP contribution in [0.25, 0.3) is 0 Å². The lowest BCUT2D eigenvalue weighted by Gasteiger charge is -2.20. The summed E-state index contributed by atoms with van der Waals surface area (Å²) < 4.78 is 0. The Morgan fingerprint density at radius 2 is 2.29 bits per heavy atom. The summed E-state index contributed by atoms with van der Waals surface area (Å²) in [4.78, 5) is 10.6. The van der Waals surface area contributed by atoms with Gasteiger partial charge in [-0.1, -0.05) is 0 Å². The summed E-state index contributed by atoms with van der Waals surface area (Å²) in [7, 11) is 1.98. The first-order valence-corrected chi connectivity index (χ1v) is 6.24. The molecule has 0 atom stereocenters. The maximum absolute atomic E-state index is 9.27. The second-order valence-corrected chi connectivity index (χ2v) is 4.94. The van der Waals surface area contributed by atoms with E-state index < -0.39 is 0 Å². The largest absolute Gasteiger partial charge is 0.392 e. The van der Waals surface area contributed by atoms with Crippen LogP contribution in [-0.2, 0) is 13.2 Å². The molecule has 0 radical (unpaired) electrons. The van der Waals surface area contributed by atoms with Gasteiger partial charge in [0.2, 0.25) is 0 Å². The molecule has 0 unspecified atom stereocenters. The number of aliphatic hydroxyl groups is 1. The summed E-state index contributed by atoms with van der Waals surface area (Å²) in [5.41, 5.74) is 2.87. The van der Waals surface area contributed by atoms with Crippen molar-refractivity contribution in [3.05, 3.63) is 40.1 Å². The van der Waals surface area contributed by atoms with Gasteiger partial charge in [-0.3, -0.25) is 4.98 Å². The Labute approximate surface area is 105 Å². The van der Waals surface area contributed by atoms with Crippen LogP contribution in [0.2, 0.25) is 0 Å². The molecule has 5 heteroatoms. The molecule has 0 aliphatic heterocycles. The van der Waals surface area contributed by atoms with E-state index in [0.29, 0.717) is 0 Å². The fourth-order valence-corrected chi connectivity index (χ4v) is 2.31. The van der Waals surface area contributed by atoms with E-state index in [-0.39, 0.29) is 6.61 Å². The molecule has 2 rings (SSSR count). The Kier molecular flexibility index (Phi) is 3.71. The third-order valence-corrected chi connectivity index (χ3v) is 3.36. The Bertz CT molecular complexity index is 498. The Hall–Kier alpha value is -1.46. The molecule has 0 saturated heterocycles. The summed E-state index contributed by atoms with van der Waals surface area (Å²) in [5, 5.41) is 12.4. The highest BCUT2D eigenvalue weighted by Crippen LogP contribution is 2.20. The van der Waals surface area contributed by atoms with Crippen molar-refractivity contribution in [2.24, 2.45) is 0 Å². The third kappa shape index (κ3) is 2.81. The van der Waals surface area contributed by atoms with Crippen molar-refractivity contribution in [3.8, 4) is 0 Å². The van der Waals surface area contributed by atoms with Crippen LogP contribution in [0.15, 0.2) is 23.8 Å². The van der Waals surface area contributed by atoms with E-state index in [1.165, 1.54) is 0 Å². The van der Waals surface area contributed by atoms with Crippen LogP contribution in [0.4, 0.5) is 5.69 Å².